The molecular formula is C25H42N2O3. The highest BCUT2D eigenvalue weighted by Gasteiger charge is 2.15. The summed E-state index contributed by atoms with van der Waals surface area (Å²) in [5.41, 5.74) is 0.784. The Morgan fingerprint density at radius 3 is 2.13 bits per heavy atom. The minimum atomic E-state index is -0.785. The van der Waals surface area contributed by atoms with Gasteiger partial charge in [0.15, 0.2) is 6.04 Å². The third-order valence-electron chi connectivity index (χ3n) is 5.34. The third-order valence-corrected chi connectivity index (χ3v) is 5.34. The van der Waals surface area contributed by atoms with E-state index in [1.807, 2.05) is 24.3 Å². The van der Waals surface area contributed by atoms with Crippen molar-refractivity contribution in [3.05, 3.63) is 29.8 Å². The molecule has 30 heavy (non-hydrogen) atoms. The van der Waals surface area contributed by atoms with Gasteiger partial charge in [0.25, 0.3) is 0 Å². The quantitative estimate of drug-likeness (QED) is 0.251. The van der Waals surface area contributed by atoms with Gasteiger partial charge < -0.3 is 15.2 Å². The van der Waals surface area contributed by atoms with Crippen LogP contribution >= 0.6 is 0 Å². The molecule has 1 aromatic rings. The van der Waals surface area contributed by atoms with Gasteiger partial charge in [-0.25, -0.2) is 0 Å². The highest BCUT2D eigenvalue weighted by molar-refractivity contribution is 5.88. The average Bonchev–Trinajstić information content (AvgIpc) is 2.77. The van der Waals surface area contributed by atoms with Gasteiger partial charge >= 0.3 is 0 Å². The lowest BCUT2D eigenvalue weighted by molar-refractivity contribution is -0.123. The van der Waals surface area contributed by atoms with Crippen molar-refractivity contribution in [1.82, 2.24) is 5.32 Å². The molecule has 0 heterocycles. The maximum absolute atomic E-state index is 12.2. The number of hydrogen-bond donors (Lipinski definition) is 2. The molecule has 0 spiro atoms. The first kappa shape index (κ1) is 26.2. The number of ether oxygens (including phenoxy) is 1. The minimum absolute atomic E-state index is 0.230. The molecule has 0 bridgehead atoms. The molecular weight excluding hydrogens is 376 g/mol. The second kappa shape index (κ2) is 17.9. The molecule has 0 radical (unpaired) electrons. The number of aliphatic hydroxyl groups is 1. The third kappa shape index (κ3) is 12.0. The van der Waals surface area contributed by atoms with Gasteiger partial charge in [-0.2, -0.15) is 0 Å². The van der Waals surface area contributed by atoms with E-state index in [9.17, 15) is 9.90 Å². The molecule has 5 heteroatoms. The van der Waals surface area contributed by atoms with Crippen molar-refractivity contribution in [2.45, 2.75) is 90.0 Å². The van der Waals surface area contributed by atoms with Crippen LogP contribution in [0, 0.1) is 0 Å². The highest BCUT2D eigenvalue weighted by atomic mass is 16.5. The van der Waals surface area contributed by atoms with Gasteiger partial charge in [-0.05, 0) is 18.6 Å². The van der Waals surface area contributed by atoms with Gasteiger partial charge in [-0.3, -0.25) is 9.79 Å². The first-order valence-corrected chi connectivity index (χ1v) is 11.8. The maximum Gasteiger partial charge on any atom is 0.247 e. The number of unbranched alkanes of at least 4 members (excludes halogenated alkanes) is 11. The van der Waals surface area contributed by atoms with E-state index >= 15 is 0 Å². The molecule has 1 amide bonds. The van der Waals surface area contributed by atoms with Crippen molar-refractivity contribution in [1.29, 1.82) is 0 Å². The standard InChI is InChI=1S/C25H42N2O3/c1-3-4-5-6-7-8-9-10-11-12-13-16-19-26-25(29)23(21-28)27-20-22-17-14-15-18-24(22)30-2/h14-15,17-18,20,23,28H,3-13,16,19,21H2,1-2H3,(H,26,29)/b27-20+/t23-/m0/s1. The SMILES string of the molecule is CCCCCCCCCCCCCCNC(=O)[C@H](CO)/N=C/c1ccccc1OC. The molecule has 2 N–H and O–H groups in total. The number of methoxy groups -OCH3 is 1. The second-order valence-electron chi connectivity index (χ2n) is 7.90. The molecule has 0 saturated heterocycles. The van der Waals surface area contributed by atoms with E-state index in [2.05, 4.69) is 17.2 Å². The molecule has 0 aliphatic carbocycles. The number of nitrogens with one attached hydrogen (secondary N) is 1. The van der Waals surface area contributed by atoms with Crippen LogP contribution in [-0.4, -0.2) is 43.5 Å². The first-order valence-electron chi connectivity index (χ1n) is 11.8. The summed E-state index contributed by atoms with van der Waals surface area (Å²) in [5.74, 6) is 0.460. The minimum Gasteiger partial charge on any atom is -0.496 e. The topological polar surface area (TPSA) is 70.9 Å². The Hall–Kier alpha value is -1.88. The van der Waals surface area contributed by atoms with Gasteiger partial charge in [0, 0.05) is 18.3 Å². The molecule has 0 aliphatic heterocycles. The summed E-state index contributed by atoms with van der Waals surface area (Å²) >= 11 is 0. The van der Waals surface area contributed by atoms with Gasteiger partial charge in [-0.15, -0.1) is 0 Å². The van der Waals surface area contributed by atoms with E-state index in [1.165, 1.54) is 64.2 Å². The molecule has 1 rings (SSSR count). The van der Waals surface area contributed by atoms with Gasteiger partial charge in [0.2, 0.25) is 5.91 Å². The van der Waals surface area contributed by atoms with Crippen LogP contribution in [-0.2, 0) is 4.79 Å². The number of carbonyl (C=O) groups is 1. The molecule has 1 aromatic carbocycles. The van der Waals surface area contributed by atoms with E-state index in [0.29, 0.717) is 12.3 Å². The molecule has 0 unspecified atom stereocenters. The molecule has 0 aromatic heterocycles. The molecule has 0 fully saturated rings. The monoisotopic (exact) mass is 418 g/mol. The van der Waals surface area contributed by atoms with Crippen LogP contribution in [0.3, 0.4) is 0 Å². The fourth-order valence-electron chi connectivity index (χ4n) is 3.44. The zero-order chi connectivity index (χ0) is 21.9. The summed E-state index contributed by atoms with van der Waals surface area (Å²) in [5, 5.41) is 12.4. The summed E-state index contributed by atoms with van der Waals surface area (Å²) in [6, 6.07) is 6.67. The number of amides is 1. The predicted molar refractivity (Wildman–Crippen MR) is 126 cm³/mol. The van der Waals surface area contributed by atoms with Crippen molar-refractivity contribution in [3.8, 4) is 5.75 Å². The Morgan fingerprint density at radius 2 is 1.57 bits per heavy atom. The molecule has 5 nitrogen and oxygen atoms in total. The molecule has 0 saturated carbocycles. The first-order chi connectivity index (χ1) is 14.7. The van der Waals surface area contributed by atoms with Gasteiger partial charge in [0.05, 0.1) is 13.7 Å². The zero-order valence-electron chi connectivity index (χ0n) is 19.1. The van der Waals surface area contributed by atoms with Crippen molar-refractivity contribution >= 4 is 12.1 Å². The zero-order valence-corrected chi connectivity index (χ0v) is 19.1. The lowest BCUT2D eigenvalue weighted by Crippen LogP contribution is -2.36. The average molecular weight is 419 g/mol. The largest absolute Gasteiger partial charge is 0.496 e. The molecule has 0 aliphatic rings. The van der Waals surface area contributed by atoms with Gasteiger partial charge in [0.1, 0.15) is 5.75 Å². The molecule has 170 valence electrons. The summed E-state index contributed by atoms with van der Waals surface area (Å²) in [4.78, 5) is 16.5. The number of para-hydroxylation sites is 1. The smallest absolute Gasteiger partial charge is 0.247 e. The summed E-state index contributed by atoms with van der Waals surface area (Å²) in [7, 11) is 1.59. The summed E-state index contributed by atoms with van der Waals surface area (Å²) < 4.78 is 5.27. The Labute approximate surface area is 183 Å². The van der Waals surface area contributed by atoms with E-state index in [0.717, 1.165) is 18.4 Å². The van der Waals surface area contributed by atoms with Gasteiger partial charge in [-0.1, -0.05) is 89.7 Å². The number of aliphatic imine (C=N–C) groups is 1. The fraction of sp³-hybridized carbons (Fsp3) is 0.680. The van der Waals surface area contributed by atoms with Crippen LogP contribution < -0.4 is 10.1 Å². The Balaban J connectivity index is 2.10. The Kier molecular flexibility index (Phi) is 15.6. The lowest BCUT2D eigenvalue weighted by Gasteiger charge is -2.11. The predicted octanol–water partition coefficient (Wildman–Crippen LogP) is 5.29. The summed E-state index contributed by atoms with van der Waals surface area (Å²) in [6.07, 6.45) is 17.1. The number of nitrogens with zero attached hydrogens (tertiary/aromatic N) is 1. The van der Waals surface area contributed by atoms with Crippen LogP contribution in [0.1, 0.15) is 89.5 Å². The normalized spacial score (nSPS) is 12.2. The second-order valence-corrected chi connectivity index (χ2v) is 7.90. The van der Waals surface area contributed by atoms with E-state index in [-0.39, 0.29) is 12.5 Å². The van der Waals surface area contributed by atoms with E-state index < -0.39 is 6.04 Å². The number of benzene rings is 1. The van der Waals surface area contributed by atoms with Crippen LogP contribution in [0.2, 0.25) is 0 Å². The van der Waals surface area contributed by atoms with Crippen LogP contribution in [0.4, 0.5) is 0 Å². The fourth-order valence-corrected chi connectivity index (χ4v) is 3.44. The van der Waals surface area contributed by atoms with Crippen molar-refractivity contribution in [3.63, 3.8) is 0 Å². The van der Waals surface area contributed by atoms with E-state index in [1.54, 1.807) is 13.3 Å². The van der Waals surface area contributed by atoms with Crippen LogP contribution in [0.15, 0.2) is 29.3 Å². The number of rotatable bonds is 18. The highest BCUT2D eigenvalue weighted by Crippen LogP contribution is 2.15. The summed E-state index contributed by atoms with van der Waals surface area (Å²) in [6.45, 7) is 2.58. The molecule has 1 atom stereocenters. The van der Waals surface area contributed by atoms with Crippen molar-refractivity contribution in [2.75, 3.05) is 20.3 Å². The number of carbonyl (C=O) groups excluding carboxylic acids is 1. The lowest BCUT2D eigenvalue weighted by atomic mass is 10.1. The number of hydrogen-bond acceptors (Lipinski definition) is 4. The Bertz CT molecular complexity index is 590. The Morgan fingerprint density at radius 1 is 1.00 bits per heavy atom. The van der Waals surface area contributed by atoms with Crippen LogP contribution in [0.5, 0.6) is 5.75 Å². The maximum atomic E-state index is 12.2. The van der Waals surface area contributed by atoms with E-state index in [4.69, 9.17) is 4.74 Å². The van der Waals surface area contributed by atoms with Crippen molar-refractivity contribution < 1.29 is 14.6 Å². The number of aliphatic hydroxyl groups excluding tert-OH is 1. The van der Waals surface area contributed by atoms with Crippen molar-refractivity contribution in [2.24, 2.45) is 4.99 Å². The van der Waals surface area contributed by atoms with Crippen LogP contribution in [0.25, 0.3) is 0 Å².